The molecule has 2 atom stereocenters. The molecule has 0 saturated carbocycles. The van der Waals surface area contributed by atoms with Crippen LogP contribution in [-0.4, -0.2) is 28.9 Å². The molecule has 0 bridgehead atoms. The Bertz CT molecular complexity index is 813. The van der Waals surface area contributed by atoms with Crippen molar-refractivity contribution >= 4 is 40.7 Å². The standard InChI is InChI=1S/C17H16ClFN2O4S/c1-9(20-17(25)14-3-2-6-26-14)16(24)21-13(8-15(22)23)10-4-5-11(18)12(19)7-10/h2-7,9,13H,8H2,1H3,(H,20,25)(H,21,24)(H,22,23)/t9-,13+/m0/s1. The van der Waals surface area contributed by atoms with Gasteiger partial charge >= 0.3 is 5.97 Å². The molecule has 1 aromatic carbocycles. The van der Waals surface area contributed by atoms with Crippen molar-refractivity contribution in [3.63, 3.8) is 0 Å². The van der Waals surface area contributed by atoms with Crippen LogP contribution in [0.25, 0.3) is 0 Å². The van der Waals surface area contributed by atoms with Gasteiger partial charge < -0.3 is 15.7 Å². The summed E-state index contributed by atoms with van der Waals surface area (Å²) in [5.74, 6) is -2.87. The number of rotatable bonds is 7. The van der Waals surface area contributed by atoms with Gasteiger partial charge in [0, 0.05) is 0 Å². The monoisotopic (exact) mass is 398 g/mol. The number of hydrogen-bond donors (Lipinski definition) is 3. The summed E-state index contributed by atoms with van der Waals surface area (Å²) in [7, 11) is 0. The lowest BCUT2D eigenvalue weighted by atomic mass is 10.0. The second-order valence-corrected chi connectivity index (χ2v) is 6.86. The molecule has 0 fully saturated rings. The molecule has 0 unspecified atom stereocenters. The minimum absolute atomic E-state index is 0.106. The van der Waals surface area contributed by atoms with Crippen LogP contribution in [0.5, 0.6) is 0 Å². The first-order valence-electron chi connectivity index (χ1n) is 7.59. The van der Waals surface area contributed by atoms with Gasteiger partial charge in [0.1, 0.15) is 11.9 Å². The van der Waals surface area contributed by atoms with Gasteiger partial charge in [0.05, 0.1) is 22.4 Å². The average Bonchev–Trinajstić information content (AvgIpc) is 3.10. The maximum Gasteiger partial charge on any atom is 0.305 e. The third kappa shape index (κ3) is 5.27. The summed E-state index contributed by atoms with van der Waals surface area (Å²) >= 11 is 6.86. The van der Waals surface area contributed by atoms with Crippen LogP contribution in [0.15, 0.2) is 35.7 Å². The molecule has 1 aromatic heterocycles. The van der Waals surface area contributed by atoms with Crippen LogP contribution in [-0.2, 0) is 9.59 Å². The number of aliphatic carboxylic acids is 1. The first-order chi connectivity index (χ1) is 12.3. The van der Waals surface area contributed by atoms with E-state index in [2.05, 4.69) is 10.6 Å². The normalized spacial score (nSPS) is 12.9. The second kappa shape index (κ2) is 8.77. The van der Waals surface area contributed by atoms with Crippen molar-refractivity contribution in [2.75, 3.05) is 0 Å². The van der Waals surface area contributed by atoms with Gasteiger partial charge in [-0.1, -0.05) is 23.7 Å². The molecular formula is C17H16ClFN2O4S. The molecule has 138 valence electrons. The predicted octanol–water partition coefficient (Wildman–Crippen LogP) is 2.99. The Hall–Kier alpha value is -2.45. The molecule has 0 aliphatic heterocycles. The van der Waals surface area contributed by atoms with E-state index < -0.39 is 42.1 Å². The topological polar surface area (TPSA) is 95.5 Å². The number of thiophene rings is 1. The highest BCUT2D eigenvalue weighted by Crippen LogP contribution is 2.22. The lowest BCUT2D eigenvalue weighted by molar-refractivity contribution is -0.137. The number of hydrogen-bond acceptors (Lipinski definition) is 4. The van der Waals surface area contributed by atoms with E-state index in [1.807, 2.05) is 0 Å². The number of carboxylic acid groups (broad SMARTS) is 1. The first kappa shape index (κ1) is 19.9. The van der Waals surface area contributed by atoms with Crippen LogP contribution in [0.4, 0.5) is 4.39 Å². The van der Waals surface area contributed by atoms with Gasteiger partial charge in [-0.3, -0.25) is 14.4 Å². The lowest BCUT2D eigenvalue weighted by Crippen LogP contribution is -2.46. The minimum atomic E-state index is -1.17. The fraction of sp³-hybridized carbons (Fsp3) is 0.235. The summed E-state index contributed by atoms with van der Waals surface area (Å²) in [6, 6.07) is 5.26. The van der Waals surface area contributed by atoms with Crippen LogP contribution < -0.4 is 10.6 Å². The number of amides is 2. The van der Waals surface area contributed by atoms with Crippen molar-refractivity contribution in [3.8, 4) is 0 Å². The quantitative estimate of drug-likeness (QED) is 0.668. The van der Waals surface area contributed by atoms with Crippen LogP contribution in [0.2, 0.25) is 5.02 Å². The number of carboxylic acids is 1. The summed E-state index contributed by atoms with van der Waals surface area (Å²) in [5.41, 5.74) is 0.263. The molecule has 0 aliphatic carbocycles. The van der Waals surface area contributed by atoms with Crippen molar-refractivity contribution in [2.45, 2.75) is 25.4 Å². The molecule has 2 rings (SSSR count). The summed E-state index contributed by atoms with van der Waals surface area (Å²) in [6.45, 7) is 1.47. The van der Waals surface area contributed by atoms with Crippen molar-refractivity contribution in [1.82, 2.24) is 10.6 Å². The van der Waals surface area contributed by atoms with E-state index in [4.69, 9.17) is 16.7 Å². The van der Waals surface area contributed by atoms with Crippen molar-refractivity contribution < 1.29 is 23.9 Å². The molecule has 1 heterocycles. The molecule has 2 amide bonds. The van der Waals surface area contributed by atoms with Crippen LogP contribution in [0.1, 0.15) is 34.6 Å². The molecule has 0 aliphatic rings. The van der Waals surface area contributed by atoms with Crippen molar-refractivity contribution in [2.24, 2.45) is 0 Å². The van der Waals surface area contributed by atoms with Crippen LogP contribution in [0, 0.1) is 5.82 Å². The zero-order valence-electron chi connectivity index (χ0n) is 13.7. The fourth-order valence-corrected chi connectivity index (χ4v) is 2.94. The maximum atomic E-state index is 13.7. The molecule has 0 saturated heterocycles. The Labute approximate surface area is 158 Å². The number of carbonyl (C=O) groups is 3. The van der Waals surface area contributed by atoms with Crippen LogP contribution in [0.3, 0.4) is 0 Å². The predicted molar refractivity (Wildman–Crippen MR) is 95.8 cm³/mol. The smallest absolute Gasteiger partial charge is 0.305 e. The van der Waals surface area contributed by atoms with E-state index in [9.17, 15) is 18.8 Å². The van der Waals surface area contributed by atoms with Gasteiger partial charge in [0.25, 0.3) is 5.91 Å². The summed E-state index contributed by atoms with van der Waals surface area (Å²) < 4.78 is 13.7. The molecule has 6 nitrogen and oxygen atoms in total. The van der Waals surface area contributed by atoms with Crippen LogP contribution >= 0.6 is 22.9 Å². The fourth-order valence-electron chi connectivity index (χ4n) is 2.19. The SMILES string of the molecule is C[C@H](NC(=O)c1cccs1)C(=O)N[C@H](CC(=O)O)c1ccc(Cl)c(F)c1. The lowest BCUT2D eigenvalue weighted by Gasteiger charge is -2.21. The van der Waals surface area contributed by atoms with Gasteiger partial charge in [-0.05, 0) is 36.1 Å². The number of nitrogens with one attached hydrogen (secondary N) is 2. The largest absolute Gasteiger partial charge is 0.481 e. The van der Waals surface area contributed by atoms with E-state index in [-0.39, 0.29) is 10.6 Å². The third-order valence-corrected chi connectivity index (χ3v) is 4.70. The van der Waals surface area contributed by atoms with E-state index in [0.29, 0.717) is 4.88 Å². The highest BCUT2D eigenvalue weighted by molar-refractivity contribution is 7.12. The van der Waals surface area contributed by atoms with E-state index >= 15 is 0 Å². The van der Waals surface area contributed by atoms with Gasteiger partial charge in [-0.15, -0.1) is 11.3 Å². The zero-order valence-corrected chi connectivity index (χ0v) is 15.2. The molecule has 0 spiro atoms. The van der Waals surface area contributed by atoms with Gasteiger partial charge in [0.2, 0.25) is 5.91 Å². The van der Waals surface area contributed by atoms with E-state index in [0.717, 1.165) is 6.07 Å². The highest BCUT2D eigenvalue weighted by Gasteiger charge is 2.23. The zero-order chi connectivity index (χ0) is 19.3. The summed E-state index contributed by atoms with van der Waals surface area (Å²) in [6.07, 6.45) is -0.446. The number of halogens is 2. The Morgan fingerprint density at radius 1 is 1.27 bits per heavy atom. The molecule has 0 radical (unpaired) electrons. The van der Waals surface area contributed by atoms with E-state index in [1.165, 1.54) is 30.4 Å². The Morgan fingerprint density at radius 3 is 2.58 bits per heavy atom. The molecule has 9 heteroatoms. The third-order valence-electron chi connectivity index (χ3n) is 3.53. The molecular weight excluding hydrogens is 383 g/mol. The van der Waals surface area contributed by atoms with Crippen molar-refractivity contribution in [1.29, 1.82) is 0 Å². The van der Waals surface area contributed by atoms with Gasteiger partial charge in [-0.25, -0.2) is 4.39 Å². The summed E-state index contributed by atoms with van der Waals surface area (Å²) in [4.78, 5) is 35.9. The molecule has 2 aromatic rings. The van der Waals surface area contributed by atoms with Gasteiger partial charge in [-0.2, -0.15) is 0 Å². The minimum Gasteiger partial charge on any atom is -0.481 e. The maximum absolute atomic E-state index is 13.7. The second-order valence-electron chi connectivity index (χ2n) is 5.51. The summed E-state index contributed by atoms with van der Waals surface area (Å²) in [5, 5.41) is 15.7. The number of benzene rings is 1. The Morgan fingerprint density at radius 2 is 2.00 bits per heavy atom. The number of carbonyl (C=O) groups excluding carboxylic acids is 2. The van der Waals surface area contributed by atoms with Crippen molar-refractivity contribution in [3.05, 3.63) is 57.0 Å². The highest BCUT2D eigenvalue weighted by atomic mass is 35.5. The molecule has 26 heavy (non-hydrogen) atoms. The van der Waals surface area contributed by atoms with E-state index in [1.54, 1.807) is 17.5 Å². The Balaban J connectivity index is 2.08. The first-order valence-corrected chi connectivity index (χ1v) is 8.85. The van der Waals surface area contributed by atoms with Gasteiger partial charge in [0.15, 0.2) is 0 Å². The molecule has 3 N–H and O–H groups in total. The average molecular weight is 399 g/mol. The Kier molecular flexibility index (Phi) is 6.70.